The van der Waals surface area contributed by atoms with E-state index in [1.807, 2.05) is 42.5 Å². The zero-order chi connectivity index (χ0) is 14.4. The van der Waals surface area contributed by atoms with Gasteiger partial charge in [0.25, 0.3) is 0 Å². The maximum absolute atomic E-state index is 5.82. The lowest BCUT2D eigenvalue weighted by Gasteiger charge is -2.12. The molecule has 2 aromatic rings. The van der Waals surface area contributed by atoms with Crippen LogP contribution < -0.4 is 15.2 Å². The van der Waals surface area contributed by atoms with Gasteiger partial charge >= 0.3 is 0 Å². The fourth-order valence-corrected chi connectivity index (χ4v) is 2.16. The van der Waals surface area contributed by atoms with Crippen molar-refractivity contribution in [3.8, 4) is 11.5 Å². The highest BCUT2D eigenvalue weighted by atomic mass is 79.9. The first kappa shape index (κ1) is 14.9. The van der Waals surface area contributed by atoms with Crippen molar-refractivity contribution in [2.75, 3.05) is 13.7 Å². The Morgan fingerprint density at radius 3 is 2.35 bits per heavy atom. The van der Waals surface area contributed by atoms with E-state index >= 15 is 0 Å². The molecule has 0 amide bonds. The second-order valence-corrected chi connectivity index (χ2v) is 5.35. The van der Waals surface area contributed by atoms with Gasteiger partial charge in [0.05, 0.1) is 7.11 Å². The van der Waals surface area contributed by atoms with Crippen LogP contribution in [0.4, 0.5) is 0 Å². The van der Waals surface area contributed by atoms with E-state index in [4.69, 9.17) is 15.2 Å². The van der Waals surface area contributed by atoms with E-state index in [2.05, 4.69) is 15.9 Å². The largest absolute Gasteiger partial charge is 0.493 e. The second kappa shape index (κ2) is 7.31. The smallest absolute Gasteiger partial charge is 0.161 e. The predicted molar refractivity (Wildman–Crippen MR) is 84.2 cm³/mol. The highest BCUT2D eigenvalue weighted by molar-refractivity contribution is 9.10. The van der Waals surface area contributed by atoms with Crippen molar-refractivity contribution in [1.29, 1.82) is 0 Å². The van der Waals surface area contributed by atoms with Crippen LogP contribution >= 0.6 is 15.9 Å². The minimum absolute atomic E-state index is 0.514. The molecule has 0 saturated heterocycles. The standard InChI is InChI=1S/C16H18BrNO2/c1-19-16-10-12(8-9-18)4-7-15(16)20-11-13-2-5-14(17)6-3-13/h2-7,10H,8-9,11,18H2,1H3. The quantitative estimate of drug-likeness (QED) is 0.878. The van der Waals surface area contributed by atoms with Gasteiger partial charge in [-0.3, -0.25) is 0 Å². The van der Waals surface area contributed by atoms with Gasteiger partial charge in [-0.25, -0.2) is 0 Å². The van der Waals surface area contributed by atoms with Gasteiger partial charge in [-0.1, -0.05) is 34.1 Å². The van der Waals surface area contributed by atoms with E-state index in [0.29, 0.717) is 13.2 Å². The molecule has 0 saturated carbocycles. The summed E-state index contributed by atoms with van der Waals surface area (Å²) in [6.07, 6.45) is 0.837. The third-order valence-corrected chi connectivity index (χ3v) is 3.50. The van der Waals surface area contributed by atoms with Crippen molar-refractivity contribution < 1.29 is 9.47 Å². The molecule has 0 fully saturated rings. The summed E-state index contributed by atoms with van der Waals surface area (Å²) in [5.41, 5.74) is 7.83. The zero-order valence-corrected chi connectivity index (χ0v) is 13.0. The molecule has 20 heavy (non-hydrogen) atoms. The molecule has 0 unspecified atom stereocenters. The third-order valence-electron chi connectivity index (χ3n) is 2.97. The third kappa shape index (κ3) is 3.99. The summed E-state index contributed by atoms with van der Waals surface area (Å²) in [4.78, 5) is 0. The molecule has 2 N–H and O–H groups in total. The Bertz CT molecular complexity index is 555. The van der Waals surface area contributed by atoms with E-state index in [1.54, 1.807) is 7.11 Å². The number of hydrogen-bond donors (Lipinski definition) is 1. The van der Waals surface area contributed by atoms with Gasteiger partial charge in [0, 0.05) is 4.47 Å². The number of halogens is 1. The predicted octanol–water partition coefficient (Wildman–Crippen LogP) is 3.54. The van der Waals surface area contributed by atoms with E-state index in [-0.39, 0.29) is 0 Å². The molecule has 0 aliphatic rings. The molecule has 2 aromatic carbocycles. The Morgan fingerprint density at radius 1 is 1.00 bits per heavy atom. The molecule has 3 nitrogen and oxygen atoms in total. The summed E-state index contributed by atoms with van der Waals surface area (Å²) < 4.78 is 12.2. The number of methoxy groups -OCH3 is 1. The van der Waals surface area contributed by atoms with Gasteiger partial charge in [0.15, 0.2) is 11.5 Å². The molecule has 106 valence electrons. The molecule has 0 radical (unpaired) electrons. The lowest BCUT2D eigenvalue weighted by molar-refractivity contribution is 0.284. The van der Waals surface area contributed by atoms with E-state index in [9.17, 15) is 0 Å². The highest BCUT2D eigenvalue weighted by Gasteiger charge is 2.06. The summed E-state index contributed by atoms with van der Waals surface area (Å²) in [5.74, 6) is 1.49. The van der Waals surface area contributed by atoms with Crippen LogP contribution in [0.15, 0.2) is 46.9 Å². The summed E-state index contributed by atoms with van der Waals surface area (Å²) in [7, 11) is 1.65. The molecule has 0 atom stereocenters. The lowest BCUT2D eigenvalue weighted by Crippen LogP contribution is -2.03. The maximum atomic E-state index is 5.82. The van der Waals surface area contributed by atoms with Crippen molar-refractivity contribution in [2.45, 2.75) is 13.0 Å². The highest BCUT2D eigenvalue weighted by Crippen LogP contribution is 2.29. The van der Waals surface area contributed by atoms with Crippen LogP contribution in [0.25, 0.3) is 0 Å². The number of benzene rings is 2. The van der Waals surface area contributed by atoms with E-state index in [0.717, 1.165) is 33.5 Å². The lowest BCUT2D eigenvalue weighted by atomic mass is 10.1. The molecule has 0 spiro atoms. The first-order valence-corrected chi connectivity index (χ1v) is 7.26. The molecule has 0 heterocycles. The van der Waals surface area contributed by atoms with Crippen LogP contribution in [0.5, 0.6) is 11.5 Å². The molecule has 4 heteroatoms. The number of ether oxygens (including phenoxy) is 2. The Hall–Kier alpha value is -1.52. The van der Waals surface area contributed by atoms with Gasteiger partial charge in [-0.2, -0.15) is 0 Å². The van der Waals surface area contributed by atoms with Gasteiger partial charge in [0.2, 0.25) is 0 Å². The molecule has 0 aliphatic heterocycles. The fraction of sp³-hybridized carbons (Fsp3) is 0.250. The van der Waals surface area contributed by atoms with Crippen molar-refractivity contribution >= 4 is 15.9 Å². The monoisotopic (exact) mass is 335 g/mol. The summed E-state index contributed by atoms with van der Waals surface area (Å²) in [6, 6.07) is 14.0. The Labute approximate surface area is 127 Å². The van der Waals surface area contributed by atoms with Crippen LogP contribution in [0.1, 0.15) is 11.1 Å². The molecule has 0 aromatic heterocycles. The molecule has 0 bridgehead atoms. The molecule has 0 aliphatic carbocycles. The van der Waals surface area contributed by atoms with Gasteiger partial charge in [0.1, 0.15) is 6.61 Å². The van der Waals surface area contributed by atoms with Gasteiger partial charge in [-0.05, 0) is 48.4 Å². The normalized spacial score (nSPS) is 10.3. The average molecular weight is 336 g/mol. The number of nitrogens with two attached hydrogens (primary N) is 1. The van der Waals surface area contributed by atoms with Gasteiger partial charge in [-0.15, -0.1) is 0 Å². The Kier molecular flexibility index (Phi) is 5.44. The first-order valence-electron chi connectivity index (χ1n) is 6.47. The maximum Gasteiger partial charge on any atom is 0.161 e. The van der Waals surface area contributed by atoms with Crippen molar-refractivity contribution in [3.05, 3.63) is 58.1 Å². The topological polar surface area (TPSA) is 44.5 Å². The summed E-state index contributed by atoms with van der Waals surface area (Å²) >= 11 is 3.42. The van der Waals surface area contributed by atoms with Crippen LogP contribution in [-0.2, 0) is 13.0 Å². The first-order chi connectivity index (χ1) is 9.72. The second-order valence-electron chi connectivity index (χ2n) is 4.44. The Balaban J connectivity index is 2.06. The molecular weight excluding hydrogens is 318 g/mol. The SMILES string of the molecule is COc1cc(CCN)ccc1OCc1ccc(Br)cc1. The fourth-order valence-electron chi connectivity index (χ4n) is 1.90. The minimum Gasteiger partial charge on any atom is -0.493 e. The van der Waals surface area contributed by atoms with Crippen molar-refractivity contribution in [1.82, 2.24) is 0 Å². The summed E-state index contributed by atoms with van der Waals surface area (Å²) in [6.45, 7) is 1.14. The van der Waals surface area contributed by atoms with E-state index in [1.165, 1.54) is 0 Å². The minimum atomic E-state index is 0.514. The molecule has 2 rings (SSSR count). The number of rotatable bonds is 6. The molecular formula is C16H18BrNO2. The van der Waals surface area contributed by atoms with Crippen molar-refractivity contribution in [3.63, 3.8) is 0 Å². The number of hydrogen-bond acceptors (Lipinski definition) is 3. The van der Waals surface area contributed by atoms with Crippen LogP contribution in [0.2, 0.25) is 0 Å². The average Bonchev–Trinajstić information content (AvgIpc) is 2.47. The van der Waals surface area contributed by atoms with Crippen molar-refractivity contribution in [2.24, 2.45) is 5.73 Å². The van der Waals surface area contributed by atoms with Gasteiger partial charge < -0.3 is 15.2 Å². The van der Waals surface area contributed by atoms with Crippen LogP contribution in [0, 0.1) is 0 Å². The van der Waals surface area contributed by atoms with E-state index < -0.39 is 0 Å². The zero-order valence-electron chi connectivity index (χ0n) is 11.4. The summed E-state index contributed by atoms with van der Waals surface area (Å²) in [5, 5.41) is 0. The Morgan fingerprint density at radius 2 is 1.70 bits per heavy atom. The van der Waals surface area contributed by atoms with Crippen LogP contribution in [-0.4, -0.2) is 13.7 Å². The van der Waals surface area contributed by atoms with Crippen LogP contribution in [0.3, 0.4) is 0 Å².